The van der Waals surface area contributed by atoms with E-state index in [1.54, 1.807) is 29.9 Å². The molecule has 20 heavy (non-hydrogen) atoms. The van der Waals surface area contributed by atoms with Gasteiger partial charge in [0.05, 0.1) is 6.20 Å². The maximum absolute atomic E-state index is 12.1. The number of carbonyl (C=O) groups is 1. The lowest BCUT2D eigenvalue weighted by atomic mass is 10.1. The number of anilines is 2. The van der Waals surface area contributed by atoms with Crippen molar-refractivity contribution >= 4 is 23.2 Å². The Bertz CT molecular complexity index is 627. The van der Waals surface area contributed by atoms with Gasteiger partial charge in [-0.1, -0.05) is 0 Å². The highest BCUT2D eigenvalue weighted by molar-refractivity contribution is 5.85. The highest BCUT2D eigenvalue weighted by Crippen LogP contribution is 2.15. The van der Waals surface area contributed by atoms with Crippen LogP contribution in [0.2, 0.25) is 0 Å². The predicted octanol–water partition coefficient (Wildman–Crippen LogP) is 1.03. The highest BCUT2D eigenvalue weighted by Gasteiger charge is 2.20. The quantitative estimate of drug-likeness (QED) is 0.778. The van der Waals surface area contributed by atoms with E-state index in [4.69, 9.17) is 5.73 Å². The maximum Gasteiger partial charge on any atom is 0.242 e. The summed E-state index contributed by atoms with van der Waals surface area (Å²) in [5, 5.41) is 5.96. The summed E-state index contributed by atoms with van der Waals surface area (Å²) in [6.07, 6.45) is 5.10. The summed E-state index contributed by atoms with van der Waals surface area (Å²) in [7, 11) is 0. The number of hydrogen-bond acceptors (Lipinski definition) is 5. The minimum Gasteiger partial charge on any atom is -0.382 e. The summed E-state index contributed by atoms with van der Waals surface area (Å²) in [5.41, 5.74) is 6.09. The average Bonchev–Trinajstić information content (AvgIpc) is 2.74. The topological polar surface area (TPSA) is 97.3 Å². The van der Waals surface area contributed by atoms with Crippen molar-refractivity contribution in [1.82, 2.24) is 19.7 Å². The van der Waals surface area contributed by atoms with E-state index in [0.29, 0.717) is 17.3 Å². The number of carbonyl (C=O) groups excluding carboxylic acids is 1. The van der Waals surface area contributed by atoms with Gasteiger partial charge in [-0.2, -0.15) is 0 Å². The SMILES string of the molecule is CC(Nc1nc(N)cn2ccnc12)C(=O)NC(C)(C)C. The normalized spacial score (nSPS) is 13.2. The van der Waals surface area contributed by atoms with Crippen molar-refractivity contribution < 1.29 is 4.79 Å². The lowest BCUT2D eigenvalue weighted by Gasteiger charge is -2.24. The van der Waals surface area contributed by atoms with Crippen LogP contribution in [-0.2, 0) is 4.79 Å². The van der Waals surface area contributed by atoms with E-state index < -0.39 is 6.04 Å². The molecular weight excluding hydrogens is 256 g/mol. The molecule has 0 bridgehead atoms. The van der Waals surface area contributed by atoms with Crippen LogP contribution in [0.5, 0.6) is 0 Å². The zero-order valence-corrected chi connectivity index (χ0v) is 12.1. The van der Waals surface area contributed by atoms with Gasteiger partial charge < -0.3 is 20.8 Å². The molecule has 2 heterocycles. The van der Waals surface area contributed by atoms with Gasteiger partial charge in [-0.05, 0) is 27.7 Å². The second-order valence-corrected chi connectivity index (χ2v) is 5.78. The number of nitrogens with zero attached hydrogens (tertiary/aromatic N) is 3. The minimum absolute atomic E-state index is 0.105. The van der Waals surface area contributed by atoms with E-state index in [-0.39, 0.29) is 11.4 Å². The number of nitrogens with two attached hydrogens (primary N) is 1. The molecule has 1 atom stereocenters. The fourth-order valence-electron chi connectivity index (χ4n) is 1.80. The molecule has 0 aliphatic heterocycles. The number of amides is 1. The fourth-order valence-corrected chi connectivity index (χ4v) is 1.80. The summed E-state index contributed by atoms with van der Waals surface area (Å²) in [6.45, 7) is 7.57. The largest absolute Gasteiger partial charge is 0.382 e. The Morgan fingerprint density at radius 2 is 2.15 bits per heavy atom. The van der Waals surface area contributed by atoms with Gasteiger partial charge in [-0.3, -0.25) is 4.79 Å². The number of nitrogen functional groups attached to an aromatic ring is 1. The van der Waals surface area contributed by atoms with Gasteiger partial charge in [0, 0.05) is 17.9 Å². The van der Waals surface area contributed by atoms with Crippen molar-refractivity contribution in [3.63, 3.8) is 0 Å². The van der Waals surface area contributed by atoms with E-state index >= 15 is 0 Å². The lowest BCUT2D eigenvalue weighted by molar-refractivity contribution is -0.122. The molecule has 0 aromatic carbocycles. The van der Waals surface area contributed by atoms with E-state index in [9.17, 15) is 4.79 Å². The molecule has 0 aliphatic carbocycles. The Hall–Kier alpha value is -2.31. The molecule has 0 saturated carbocycles. The summed E-state index contributed by atoms with van der Waals surface area (Å²) >= 11 is 0. The molecule has 1 amide bonds. The number of fused-ring (bicyclic) bond motifs is 1. The molecular formula is C13H20N6O. The molecule has 108 valence electrons. The van der Waals surface area contributed by atoms with Gasteiger partial charge in [-0.25, -0.2) is 9.97 Å². The summed E-state index contributed by atoms with van der Waals surface area (Å²) in [6, 6.07) is -0.441. The predicted molar refractivity (Wildman–Crippen MR) is 78.4 cm³/mol. The van der Waals surface area contributed by atoms with Crippen molar-refractivity contribution in [3.8, 4) is 0 Å². The molecule has 2 aromatic heterocycles. The Balaban J connectivity index is 2.19. The fraction of sp³-hybridized carbons (Fsp3) is 0.462. The van der Waals surface area contributed by atoms with Crippen LogP contribution in [0.25, 0.3) is 5.65 Å². The number of nitrogens with one attached hydrogen (secondary N) is 2. The zero-order chi connectivity index (χ0) is 14.9. The number of aromatic nitrogens is 3. The van der Waals surface area contributed by atoms with Crippen LogP contribution in [-0.4, -0.2) is 31.9 Å². The molecule has 0 fully saturated rings. The van der Waals surface area contributed by atoms with Crippen molar-refractivity contribution in [1.29, 1.82) is 0 Å². The van der Waals surface area contributed by atoms with Crippen LogP contribution in [0.15, 0.2) is 18.6 Å². The molecule has 4 N–H and O–H groups in total. The molecule has 0 saturated heterocycles. The van der Waals surface area contributed by atoms with Crippen LogP contribution in [0, 0.1) is 0 Å². The van der Waals surface area contributed by atoms with Gasteiger partial charge in [0.25, 0.3) is 0 Å². The highest BCUT2D eigenvalue weighted by atomic mass is 16.2. The number of hydrogen-bond donors (Lipinski definition) is 3. The molecule has 1 unspecified atom stereocenters. The molecule has 2 rings (SSSR count). The first kappa shape index (κ1) is 14.1. The first-order chi connectivity index (χ1) is 9.26. The third-order valence-corrected chi connectivity index (χ3v) is 2.64. The molecule has 7 heteroatoms. The zero-order valence-electron chi connectivity index (χ0n) is 12.1. The molecule has 0 spiro atoms. The van der Waals surface area contributed by atoms with E-state index in [1.807, 2.05) is 20.8 Å². The standard InChI is InChI=1S/C13H20N6O/c1-8(12(20)18-13(2,3)4)16-10-11-15-5-6-19(11)7-9(14)17-10/h5-8H,14H2,1-4H3,(H,16,17)(H,18,20). The Morgan fingerprint density at radius 1 is 1.45 bits per heavy atom. The maximum atomic E-state index is 12.1. The van der Waals surface area contributed by atoms with Crippen LogP contribution in [0.3, 0.4) is 0 Å². The van der Waals surface area contributed by atoms with Gasteiger partial charge >= 0.3 is 0 Å². The molecule has 0 aliphatic rings. The second-order valence-electron chi connectivity index (χ2n) is 5.78. The average molecular weight is 276 g/mol. The van der Waals surface area contributed by atoms with Crippen molar-refractivity contribution in [2.24, 2.45) is 0 Å². The Morgan fingerprint density at radius 3 is 2.80 bits per heavy atom. The first-order valence-corrected chi connectivity index (χ1v) is 6.44. The van der Waals surface area contributed by atoms with E-state index in [1.165, 1.54) is 0 Å². The molecule has 0 radical (unpaired) electrons. The second kappa shape index (κ2) is 4.99. The van der Waals surface area contributed by atoms with Crippen molar-refractivity contribution in [3.05, 3.63) is 18.6 Å². The van der Waals surface area contributed by atoms with E-state index in [0.717, 1.165) is 0 Å². The third-order valence-electron chi connectivity index (χ3n) is 2.64. The Labute approximate surface area is 117 Å². The van der Waals surface area contributed by atoms with Crippen molar-refractivity contribution in [2.45, 2.75) is 39.3 Å². The summed E-state index contributed by atoms with van der Waals surface area (Å²) < 4.78 is 1.76. The van der Waals surface area contributed by atoms with Gasteiger partial charge in [0.2, 0.25) is 5.91 Å². The van der Waals surface area contributed by atoms with Crippen LogP contribution < -0.4 is 16.4 Å². The van der Waals surface area contributed by atoms with Crippen LogP contribution >= 0.6 is 0 Å². The van der Waals surface area contributed by atoms with Crippen molar-refractivity contribution in [2.75, 3.05) is 11.1 Å². The molecule has 2 aromatic rings. The van der Waals surface area contributed by atoms with Crippen LogP contribution in [0.4, 0.5) is 11.6 Å². The smallest absolute Gasteiger partial charge is 0.242 e. The number of rotatable bonds is 3. The molecule has 7 nitrogen and oxygen atoms in total. The van der Waals surface area contributed by atoms with Crippen LogP contribution in [0.1, 0.15) is 27.7 Å². The lowest BCUT2D eigenvalue weighted by Crippen LogP contribution is -2.47. The number of imidazole rings is 1. The van der Waals surface area contributed by atoms with Gasteiger partial charge in [-0.15, -0.1) is 0 Å². The van der Waals surface area contributed by atoms with E-state index in [2.05, 4.69) is 20.6 Å². The summed E-state index contributed by atoms with van der Waals surface area (Å²) in [4.78, 5) is 20.5. The third kappa shape index (κ3) is 3.17. The van der Waals surface area contributed by atoms with Gasteiger partial charge in [0.1, 0.15) is 11.9 Å². The van der Waals surface area contributed by atoms with Gasteiger partial charge in [0.15, 0.2) is 11.5 Å². The summed E-state index contributed by atoms with van der Waals surface area (Å²) in [5.74, 6) is 0.749. The minimum atomic E-state index is -0.441. The Kier molecular flexibility index (Phi) is 3.52. The first-order valence-electron chi connectivity index (χ1n) is 6.44. The monoisotopic (exact) mass is 276 g/mol.